The van der Waals surface area contributed by atoms with Crippen LogP contribution in [0.1, 0.15) is 13.3 Å². The maximum atomic E-state index is 11.2. The van der Waals surface area contributed by atoms with Gasteiger partial charge in [0.15, 0.2) is 0 Å². The molecule has 78 valence electrons. The second kappa shape index (κ2) is 3.94. The number of nitrogens with zero attached hydrogens (tertiary/aromatic N) is 1. The molecule has 1 aliphatic rings. The molecule has 13 heavy (non-hydrogen) atoms. The Morgan fingerprint density at radius 2 is 2.08 bits per heavy atom. The van der Waals surface area contributed by atoms with Gasteiger partial charge in [0, 0.05) is 20.2 Å². The van der Waals surface area contributed by atoms with Gasteiger partial charge in [0.05, 0.1) is 12.4 Å². The van der Waals surface area contributed by atoms with E-state index in [1.165, 1.54) is 10.6 Å². The molecule has 1 saturated heterocycles. The maximum Gasteiger partial charge on any atom is 0.211 e. The van der Waals surface area contributed by atoms with Crippen LogP contribution in [-0.2, 0) is 14.8 Å². The third-order valence-corrected chi connectivity index (χ3v) is 3.89. The van der Waals surface area contributed by atoms with Crippen LogP contribution in [0, 0.1) is 5.92 Å². The van der Waals surface area contributed by atoms with Crippen LogP contribution in [0.5, 0.6) is 0 Å². The lowest BCUT2D eigenvalue weighted by Crippen LogP contribution is -2.46. The van der Waals surface area contributed by atoms with Crippen molar-refractivity contribution >= 4 is 10.0 Å². The molecule has 2 atom stereocenters. The van der Waals surface area contributed by atoms with E-state index in [-0.39, 0.29) is 6.10 Å². The van der Waals surface area contributed by atoms with E-state index in [0.717, 1.165) is 6.42 Å². The summed E-state index contributed by atoms with van der Waals surface area (Å²) in [5.41, 5.74) is 0. The van der Waals surface area contributed by atoms with Crippen LogP contribution in [0.3, 0.4) is 0 Å². The normalized spacial score (nSPS) is 31.9. The van der Waals surface area contributed by atoms with Gasteiger partial charge in [-0.2, -0.15) is 4.31 Å². The van der Waals surface area contributed by atoms with Crippen molar-refractivity contribution in [2.24, 2.45) is 5.92 Å². The Morgan fingerprint density at radius 3 is 2.54 bits per heavy atom. The number of piperidine rings is 1. The Labute approximate surface area is 79.9 Å². The van der Waals surface area contributed by atoms with E-state index in [2.05, 4.69) is 6.92 Å². The van der Waals surface area contributed by atoms with Crippen LogP contribution in [0.15, 0.2) is 0 Å². The summed E-state index contributed by atoms with van der Waals surface area (Å²) in [5.74, 6) is 0.447. The molecule has 0 spiro atoms. The zero-order valence-electron chi connectivity index (χ0n) is 8.36. The molecule has 1 rings (SSSR count). The van der Waals surface area contributed by atoms with Gasteiger partial charge in [-0.25, -0.2) is 8.42 Å². The number of methoxy groups -OCH3 is 1. The summed E-state index contributed by atoms with van der Waals surface area (Å²) in [6.45, 7) is 3.21. The molecule has 0 bridgehead atoms. The number of hydrogen-bond donors (Lipinski definition) is 0. The van der Waals surface area contributed by atoms with Gasteiger partial charge in [-0.15, -0.1) is 0 Å². The summed E-state index contributed by atoms with van der Waals surface area (Å²) in [6, 6.07) is 0. The molecule has 0 unspecified atom stereocenters. The van der Waals surface area contributed by atoms with Gasteiger partial charge in [0.25, 0.3) is 0 Å². The molecule has 5 heteroatoms. The van der Waals surface area contributed by atoms with E-state index in [4.69, 9.17) is 4.74 Å². The van der Waals surface area contributed by atoms with E-state index in [0.29, 0.717) is 19.0 Å². The van der Waals surface area contributed by atoms with Gasteiger partial charge in [0.1, 0.15) is 0 Å². The first kappa shape index (κ1) is 10.9. The summed E-state index contributed by atoms with van der Waals surface area (Å²) in [7, 11) is -1.41. The molecule has 0 aromatic rings. The fourth-order valence-corrected chi connectivity index (χ4v) is 2.47. The van der Waals surface area contributed by atoms with Crippen LogP contribution in [0.4, 0.5) is 0 Å². The lowest BCUT2D eigenvalue weighted by molar-refractivity contribution is 0.0185. The van der Waals surface area contributed by atoms with Gasteiger partial charge >= 0.3 is 0 Å². The Balaban J connectivity index is 2.65. The second-order valence-corrected chi connectivity index (χ2v) is 5.64. The predicted octanol–water partition coefficient (Wildman–Crippen LogP) is 0.303. The minimum atomic E-state index is -3.04. The highest BCUT2D eigenvalue weighted by molar-refractivity contribution is 7.88. The molecule has 0 amide bonds. The van der Waals surface area contributed by atoms with Crippen molar-refractivity contribution < 1.29 is 13.2 Å². The molecule has 1 fully saturated rings. The first-order chi connectivity index (χ1) is 5.95. The molecule has 0 aromatic carbocycles. The molecule has 0 aliphatic carbocycles. The van der Waals surface area contributed by atoms with Crippen molar-refractivity contribution in [1.29, 1.82) is 0 Å². The average Bonchev–Trinajstić information content (AvgIpc) is 2.03. The number of rotatable bonds is 2. The van der Waals surface area contributed by atoms with Crippen LogP contribution in [0.25, 0.3) is 0 Å². The van der Waals surface area contributed by atoms with E-state index >= 15 is 0 Å². The quantitative estimate of drug-likeness (QED) is 0.654. The van der Waals surface area contributed by atoms with E-state index < -0.39 is 10.0 Å². The van der Waals surface area contributed by atoms with E-state index in [1.54, 1.807) is 7.11 Å². The smallest absolute Gasteiger partial charge is 0.211 e. The van der Waals surface area contributed by atoms with Crippen LogP contribution < -0.4 is 0 Å². The van der Waals surface area contributed by atoms with Crippen LogP contribution >= 0.6 is 0 Å². The molecule has 0 aromatic heterocycles. The fraction of sp³-hybridized carbons (Fsp3) is 1.00. The molecular formula is C8H17NO3S. The van der Waals surface area contributed by atoms with Crippen molar-refractivity contribution in [3.8, 4) is 0 Å². The van der Waals surface area contributed by atoms with Crippen LogP contribution in [0.2, 0.25) is 0 Å². The summed E-state index contributed by atoms with van der Waals surface area (Å²) in [5, 5.41) is 0. The molecule has 4 nitrogen and oxygen atoms in total. The average molecular weight is 207 g/mol. The third-order valence-electron chi connectivity index (χ3n) is 2.62. The monoisotopic (exact) mass is 207 g/mol. The Hall–Kier alpha value is -0.130. The fourth-order valence-electron chi connectivity index (χ4n) is 1.61. The SMILES string of the molecule is CO[C@H]1CN(S(C)(=O)=O)CC[C@@H]1C. The summed E-state index contributed by atoms with van der Waals surface area (Å²) in [6.07, 6.45) is 2.17. The van der Waals surface area contributed by atoms with Gasteiger partial charge in [-0.1, -0.05) is 6.92 Å². The van der Waals surface area contributed by atoms with Crippen molar-refractivity contribution in [3.05, 3.63) is 0 Å². The van der Waals surface area contributed by atoms with Gasteiger partial charge < -0.3 is 4.74 Å². The van der Waals surface area contributed by atoms with Gasteiger partial charge in [-0.05, 0) is 12.3 Å². The standard InChI is InChI=1S/C8H17NO3S/c1-7-4-5-9(13(3,10)11)6-8(7)12-2/h7-8H,4-6H2,1-3H3/t7-,8-/m0/s1. The summed E-state index contributed by atoms with van der Waals surface area (Å²) < 4.78 is 29.2. The topological polar surface area (TPSA) is 46.6 Å². The minimum Gasteiger partial charge on any atom is -0.380 e. The van der Waals surface area contributed by atoms with E-state index in [9.17, 15) is 8.42 Å². The van der Waals surface area contributed by atoms with Crippen molar-refractivity contribution in [2.45, 2.75) is 19.4 Å². The second-order valence-electron chi connectivity index (χ2n) is 3.66. The largest absolute Gasteiger partial charge is 0.380 e. The lowest BCUT2D eigenvalue weighted by atomic mass is 9.97. The van der Waals surface area contributed by atoms with E-state index in [1.807, 2.05) is 0 Å². The number of sulfonamides is 1. The molecule has 0 radical (unpaired) electrons. The zero-order valence-corrected chi connectivity index (χ0v) is 9.17. The maximum absolute atomic E-state index is 11.2. The third kappa shape index (κ3) is 2.65. The first-order valence-corrected chi connectivity index (χ1v) is 6.28. The molecule has 1 aliphatic heterocycles. The van der Waals surface area contributed by atoms with Crippen molar-refractivity contribution in [2.75, 3.05) is 26.5 Å². The highest BCUT2D eigenvalue weighted by Gasteiger charge is 2.30. The minimum absolute atomic E-state index is 0.0449. The first-order valence-electron chi connectivity index (χ1n) is 4.43. The lowest BCUT2D eigenvalue weighted by Gasteiger charge is -2.34. The number of hydrogen-bond acceptors (Lipinski definition) is 3. The Morgan fingerprint density at radius 1 is 1.46 bits per heavy atom. The Bertz CT molecular complexity index is 263. The van der Waals surface area contributed by atoms with Crippen molar-refractivity contribution in [3.63, 3.8) is 0 Å². The predicted molar refractivity (Wildman–Crippen MR) is 51.0 cm³/mol. The highest BCUT2D eigenvalue weighted by Crippen LogP contribution is 2.20. The van der Waals surface area contributed by atoms with Crippen molar-refractivity contribution in [1.82, 2.24) is 4.31 Å². The Kier molecular flexibility index (Phi) is 3.32. The van der Waals surface area contributed by atoms with Crippen LogP contribution in [-0.4, -0.2) is 45.3 Å². The highest BCUT2D eigenvalue weighted by atomic mass is 32.2. The summed E-state index contributed by atoms with van der Waals surface area (Å²) in [4.78, 5) is 0. The summed E-state index contributed by atoms with van der Waals surface area (Å²) >= 11 is 0. The molecular weight excluding hydrogens is 190 g/mol. The number of ether oxygens (including phenoxy) is 1. The van der Waals surface area contributed by atoms with Gasteiger partial charge in [-0.3, -0.25) is 0 Å². The molecule has 0 saturated carbocycles. The molecule has 1 heterocycles. The van der Waals surface area contributed by atoms with Gasteiger partial charge in [0.2, 0.25) is 10.0 Å². The zero-order chi connectivity index (χ0) is 10.1. The molecule has 0 N–H and O–H groups in total.